The van der Waals surface area contributed by atoms with Crippen LogP contribution in [0.1, 0.15) is 56.3 Å². The fourth-order valence-corrected chi connectivity index (χ4v) is 4.73. The predicted octanol–water partition coefficient (Wildman–Crippen LogP) is 4.95. The maximum absolute atomic E-state index is 13.4. The van der Waals surface area contributed by atoms with Crippen LogP contribution in [0.2, 0.25) is 0 Å². The van der Waals surface area contributed by atoms with E-state index in [2.05, 4.69) is 25.7 Å². The Balaban J connectivity index is 2.12. The number of ketones is 1. The lowest BCUT2D eigenvalue weighted by Crippen LogP contribution is -2.38. The van der Waals surface area contributed by atoms with Crippen LogP contribution in [-0.4, -0.2) is 73.6 Å². The van der Waals surface area contributed by atoms with Crippen molar-refractivity contribution in [1.29, 1.82) is 0 Å². The van der Waals surface area contributed by atoms with Crippen molar-refractivity contribution < 1.29 is 28.9 Å². The molecule has 0 spiro atoms. The number of carbonyl (C=O) groups is 2. The van der Waals surface area contributed by atoms with Gasteiger partial charge in [-0.3, -0.25) is 9.59 Å². The largest absolute Gasteiger partial charge is 0.507 e. The van der Waals surface area contributed by atoms with Crippen molar-refractivity contribution in [3.8, 4) is 17.2 Å². The SMILES string of the molecule is CCCCOc1ccc(C2/C(=C(\O)c3ccc(OC)c(C)c3)C(=O)C(=O)N2CCN(CC)CC)cc1OC. The molecule has 2 aromatic carbocycles. The van der Waals surface area contributed by atoms with Crippen LogP contribution in [0.5, 0.6) is 17.2 Å². The molecule has 206 valence electrons. The molecule has 0 aromatic heterocycles. The van der Waals surface area contributed by atoms with Gasteiger partial charge in [0.25, 0.3) is 11.7 Å². The van der Waals surface area contributed by atoms with Crippen LogP contribution in [0.25, 0.3) is 5.76 Å². The minimum absolute atomic E-state index is 0.0563. The number of aryl methyl sites for hydroxylation is 1. The molecule has 3 rings (SSSR count). The summed E-state index contributed by atoms with van der Waals surface area (Å²) in [5.41, 5.74) is 1.97. The lowest BCUT2D eigenvalue weighted by Gasteiger charge is -2.28. The molecule has 0 saturated carbocycles. The zero-order chi connectivity index (χ0) is 27.8. The smallest absolute Gasteiger partial charge is 0.295 e. The summed E-state index contributed by atoms with van der Waals surface area (Å²) in [5, 5.41) is 11.4. The van der Waals surface area contributed by atoms with Gasteiger partial charge >= 0.3 is 0 Å². The second-order valence-corrected chi connectivity index (χ2v) is 9.32. The average molecular weight is 525 g/mol. The summed E-state index contributed by atoms with van der Waals surface area (Å²) in [6.45, 7) is 11.2. The number of rotatable bonds is 13. The van der Waals surface area contributed by atoms with Gasteiger partial charge in [-0.2, -0.15) is 0 Å². The molecule has 2 aromatic rings. The molecule has 1 atom stereocenters. The van der Waals surface area contributed by atoms with E-state index in [1.165, 1.54) is 0 Å². The fraction of sp³-hybridized carbons (Fsp3) is 0.467. The molecule has 0 bridgehead atoms. The van der Waals surface area contributed by atoms with Crippen LogP contribution in [0.3, 0.4) is 0 Å². The van der Waals surface area contributed by atoms with Crippen LogP contribution in [0, 0.1) is 6.92 Å². The maximum atomic E-state index is 13.4. The van der Waals surface area contributed by atoms with E-state index in [-0.39, 0.29) is 11.3 Å². The topological polar surface area (TPSA) is 88.5 Å². The van der Waals surface area contributed by atoms with E-state index in [9.17, 15) is 14.7 Å². The van der Waals surface area contributed by atoms with Crippen molar-refractivity contribution in [3.05, 3.63) is 58.7 Å². The lowest BCUT2D eigenvalue weighted by molar-refractivity contribution is -0.140. The minimum atomic E-state index is -0.772. The number of Topliss-reactive ketones (excluding diaryl/α,β-unsaturated/α-hetero) is 1. The Morgan fingerprint density at radius 1 is 0.974 bits per heavy atom. The third kappa shape index (κ3) is 6.13. The highest BCUT2D eigenvalue weighted by atomic mass is 16.5. The molecule has 1 amide bonds. The summed E-state index contributed by atoms with van der Waals surface area (Å²) < 4.78 is 16.8. The fourth-order valence-electron chi connectivity index (χ4n) is 4.73. The predicted molar refractivity (Wildman–Crippen MR) is 148 cm³/mol. The van der Waals surface area contributed by atoms with Crippen molar-refractivity contribution in [2.75, 3.05) is 47.0 Å². The zero-order valence-corrected chi connectivity index (χ0v) is 23.4. The van der Waals surface area contributed by atoms with Gasteiger partial charge in [0.2, 0.25) is 0 Å². The van der Waals surface area contributed by atoms with Gasteiger partial charge in [0.1, 0.15) is 11.5 Å². The third-order valence-corrected chi connectivity index (χ3v) is 7.02. The molecule has 8 nitrogen and oxygen atoms in total. The van der Waals surface area contributed by atoms with Crippen molar-refractivity contribution in [2.45, 2.75) is 46.6 Å². The second-order valence-electron chi connectivity index (χ2n) is 9.32. The van der Waals surface area contributed by atoms with Gasteiger partial charge in [-0.25, -0.2) is 0 Å². The number of likely N-dealkylation sites (N-methyl/N-ethyl adjacent to an activating group) is 1. The molecule has 1 aliphatic heterocycles. The molecule has 0 aliphatic carbocycles. The van der Waals surface area contributed by atoms with Crippen molar-refractivity contribution in [1.82, 2.24) is 9.80 Å². The molecule has 8 heteroatoms. The van der Waals surface area contributed by atoms with Crippen LogP contribution in [-0.2, 0) is 9.59 Å². The van der Waals surface area contributed by atoms with E-state index in [4.69, 9.17) is 14.2 Å². The lowest BCUT2D eigenvalue weighted by atomic mass is 9.94. The normalized spacial score (nSPS) is 16.8. The van der Waals surface area contributed by atoms with Gasteiger partial charge in [-0.1, -0.05) is 33.3 Å². The second kappa shape index (κ2) is 13.3. The number of unbranched alkanes of at least 4 members (excludes halogenated alkanes) is 1. The number of aliphatic hydroxyl groups is 1. The van der Waals surface area contributed by atoms with E-state index in [0.717, 1.165) is 31.5 Å². The Morgan fingerprint density at radius 2 is 1.66 bits per heavy atom. The first-order valence-electron chi connectivity index (χ1n) is 13.3. The molecule has 1 unspecified atom stereocenters. The number of nitrogens with zero attached hydrogens (tertiary/aromatic N) is 2. The molecule has 0 radical (unpaired) electrons. The summed E-state index contributed by atoms with van der Waals surface area (Å²) in [5.74, 6) is 0.218. The first-order chi connectivity index (χ1) is 18.3. The number of hydrogen-bond donors (Lipinski definition) is 1. The van der Waals surface area contributed by atoms with Crippen molar-refractivity contribution >= 4 is 17.4 Å². The highest BCUT2D eigenvalue weighted by Gasteiger charge is 2.46. The summed E-state index contributed by atoms with van der Waals surface area (Å²) in [4.78, 5) is 30.5. The number of carbonyl (C=O) groups excluding carboxylic acids is 2. The van der Waals surface area contributed by atoms with Crippen molar-refractivity contribution in [2.24, 2.45) is 0 Å². The number of amides is 1. The van der Waals surface area contributed by atoms with E-state index in [1.54, 1.807) is 49.5 Å². The quantitative estimate of drug-likeness (QED) is 0.172. The molecule has 1 fully saturated rings. The number of hydrogen-bond acceptors (Lipinski definition) is 7. The number of likely N-dealkylation sites (tertiary alicyclic amines) is 1. The van der Waals surface area contributed by atoms with E-state index < -0.39 is 17.7 Å². The number of benzene rings is 2. The van der Waals surface area contributed by atoms with Gasteiger partial charge in [0.15, 0.2) is 11.5 Å². The first-order valence-corrected chi connectivity index (χ1v) is 13.3. The van der Waals surface area contributed by atoms with Crippen LogP contribution in [0.4, 0.5) is 0 Å². The monoisotopic (exact) mass is 524 g/mol. The molecular weight excluding hydrogens is 484 g/mol. The van der Waals surface area contributed by atoms with E-state index in [1.807, 2.05) is 13.0 Å². The zero-order valence-electron chi connectivity index (χ0n) is 23.4. The van der Waals surface area contributed by atoms with Crippen LogP contribution in [0.15, 0.2) is 42.0 Å². The Morgan fingerprint density at radius 3 is 2.26 bits per heavy atom. The summed E-state index contributed by atoms with van der Waals surface area (Å²) in [7, 11) is 3.13. The number of aliphatic hydroxyl groups excluding tert-OH is 1. The molecule has 1 aliphatic rings. The Hall–Kier alpha value is -3.52. The van der Waals surface area contributed by atoms with E-state index >= 15 is 0 Å². The van der Waals surface area contributed by atoms with Gasteiger partial charge in [0, 0.05) is 18.7 Å². The molecular formula is C30H40N2O6. The molecule has 1 heterocycles. The summed E-state index contributed by atoms with van der Waals surface area (Å²) in [6.07, 6.45) is 1.92. The molecule has 1 saturated heterocycles. The van der Waals surface area contributed by atoms with Crippen LogP contribution >= 0.6 is 0 Å². The minimum Gasteiger partial charge on any atom is -0.507 e. The Labute approximate surface area is 225 Å². The maximum Gasteiger partial charge on any atom is 0.295 e. The molecule has 1 N–H and O–H groups in total. The van der Waals surface area contributed by atoms with Gasteiger partial charge in [0.05, 0.1) is 32.4 Å². The highest BCUT2D eigenvalue weighted by Crippen LogP contribution is 2.42. The Kier molecular flexibility index (Phi) is 10.2. The van der Waals surface area contributed by atoms with Gasteiger partial charge < -0.3 is 29.1 Å². The summed E-state index contributed by atoms with van der Waals surface area (Å²) >= 11 is 0. The van der Waals surface area contributed by atoms with E-state index in [0.29, 0.717) is 48.1 Å². The standard InChI is InChI=1S/C30H40N2O6/c1-7-10-17-38-24-14-11-21(19-25(24)37-6)27-26(28(33)22-12-13-23(36-5)20(4)18-22)29(34)30(35)32(27)16-15-31(8-2)9-3/h11-14,18-19,27,33H,7-10,15-17H2,1-6H3/b28-26+. The average Bonchev–Trinajstić information content (AvgIpc) is 3.18. The highest BCUT2D eigenvalue weighted by molar-refractivity contribution is 6.46. The third-order valence-electron chi connectivity index (χ3n) is 7.02. The Bertz CT molecular complexity index is 1170. The van der Waals surface area contributed by atoms with Gasteiger partial charge in [-0.15, -0.1) is 0 Å². The number of methoxy groups -OCH3 is 2. The molecule has 38 heavy (non-hydrogen) atoms. The van der Waals surface area contributed by atoms with Crippen molar-refractivity contribution in [3.63, 3.8) is 0 Å². The summed E-state index contributed by atoms with van der Waals surface area (Å²) in [6, 6.07) is 9.82. The van der Waals surface area contributed by atoms with Gasteiger partial charge in [-0.05, 0) is 67.9 Å². The first kappa shape index (κ1) is 29.0. The van der Waals surface area contributed by atoms with Crippen LogP contribution < -0.4 is 14.2 Å². The number of ether oxygens (including phenoxy) is 3.